The van der Waals surface area contributed by atoms with E-state index in [1.54, 1.807) is 18.2 Å². The van der Waals surface area contributed by atoms with E-state index in [2.05, 4.69) is 10.3 Å². The van der Waals surface area contributed by atoms with Crippen molar-refractivity contribution < 1.29 is 32.2 Å². The molecule has 2 amide bonds. The molecule has 1 aromatic carbocycles. The minimum atomic E-state index is -4.52. The second kappa shape index (κ2) is 10.3. The van der Waals surface area contributed by atoms with E-state index < -0.39 is 22.9 Å². The van der Waals surface area contributed by atoms with Gasteiger partial charge in [0.2, 0.25) is 0 Å². The lowest BCUT2D eigenvalue weighted by molar-refractivity contribution is -0.137. The Morgan fingerprint density at radius 2 is 1.94 bits per heavy atom. The molecule has 0 unspecified atom stereocenters. The molecule has 35 heavy (non-hydrogen) atoms. The van der Waals surface area contributed by atoms with Gasteiger partial charge in [0.25, 0.3) is 11.1 Å². The molecule has 1 N–H and O–H groups in total. The number of benzene rings is 1. The Labute approximate surface area is 205 Å². The van der Waals surface area contributed by atoms with Crippen molar-refractivity contribution in [1.29, 1.82) is 0 Å². The van der Waals surface area contributed by atoms with E-state index in [0.717, 1.165) is 55.8 Å². The zero-order valence-corrected chi connectivity index (χ0v) is 20.1. The highest BCUT2D eigenvalue weighted by atomic mass is 32.2. The quantitative estimate of drug-likeness (QED) is 0.339. The number of carbonyl (C=O) groups is 2. The highest BCUT2D eigenvalue weighted by Gasteiger charge is 2.33. The van der Waals surface area contributed by atoms with Crippen molar-refractivity contribution in [2.45, 2.75) is 64.3 Å². The molecule has 0 bridgehead atoms. The minimum Gasteiger partial charge on any atom is -0.490 e. The normalized spacial score (nSPS) is 19.0. The molecule has 6 nitrogen and oxygen atoms in total. The van der Waals surface area contributed by atoms with Crippen LogP contribution in [0.25, 0.3) is 17.0 Å². The third-order valence-electron chi connectivity index (χ3n) is 5.87. The summed E-state index contributed by atoms with van der Waals surface area (Å²) in [5.74, 6) is 0.0288. The van der Waals surface area contributed by atoms with Crippen LogP contribution in [0.15, 0.2) is 41.4 Å². The maximum Gasteiger partial charge on any atom is 0.416 e. The maximum absolute atomic E-state index is 13.3. The summed E-state index contributed by atoms with van der Waals surface area (Å²) < 4.78 is 52.3. The van der Waals surface area contributed by atoms with Crippen LogP contribution in [-0.2, 0) is 15.7 Å². The van der Waals surface area contributed by atoms with Crippen LogP contribution in [0.2, 0.25) is 0 Å². The molecular formula is C25H25F3N2O4S. The van der Waals surface area contributed by atoms with E-state index in [4.69, 9.17) is 9.47 Å². The number of alkyl halides is 3. The van der Waals surface area contributed by atoms with Crippen LogP contribution in [0.4, 0.5) is 18.0 Å². The topological polar surface area (TPSA) is 77.5 Å². The summed E-state index contributed by atoms with van der Waals surface area (Å²) >= 11 is 0.725. The van der Waals surface area contributed by atoms with Gasteiger partial charge in [0, 0.05) is 17.3 Å². The molecule has 2 heterocycles. The van der Waals surface area contributed by atoms with Crippen LogP contribution in [0.3, 0.4) is 0 Å². The summed E-state index contributed by atoms with van der Waals surface area (Å²) in [6.07, 6.45) is 0.769. The fourth-order valence-corrected chi connectivity index (χ4v) is 4.64. The van der Waals surface area contributed by atoms with Crippen LogP contribution in [0.5, 0.6) is 5.75 Å². The number of pyridine rings is 1. The number of hydrogen-bond acceptors (Lipinski definition) is 6. The largest absolute Gasteiger partial charge is 0.490 e. The molecule has 10 heteroatoms. The number of nitrogens with one attached hydrogen (secondary N) is 1. The zero-order chi connectivity index (χ0) is 25.2. The molecule has 1 aliphatic heterocycles. The SMILES string of the molecule is CC[C@@H](C)O/C(=C1/SC(=O)NC1=O)c1cc(OC2CCCC2)cc(-c2cc(C(F)(F)F)ccn2)c1. The molecule has 2 aliphatic rings. The first kappa shape index (κ1) is 25.1. The van der Waals surface area contributed by atoms with E-state index in [1.165, 1.54) is 0 Å². The molecule has 2 fully saturated rings. The van der Waals surface area contributed by atoms with Gasteiger partial charge in [0.05, 0.1) is 23.5 Å². The number of nitrogens with zero attached hydrogens (tertiary/aromatic N) is 1. The molecule has 0 spiro atoms. The third-order valence-corrected chi connectivity index (χ3v) is 6.74. The Kier molecular flexibility index (Phi) is 7.39. The monoisotopic (exact) mass is 506 g/mol. The molecule has 1 aliphatic carbocycles. The van der Waals surface area contributed by atoms with Crippen LogP contribution in [-0.4, -0.2) is 28.3 Å². The number of ether oxygens (including phenoxy) is 2. The summed E-state index contributed by atoms with van der Waals surface area (Å²) in [4.78, 5) is 28.6. The van der Waals surface area contributed by atoms with Crippen molar-refractivity contribution >= 4 is 28.7 Å². The standard InChI is InChI=1S/C25H25F3N2O4S/c1-3-14(2)33-21(22-23(31)30-24(32)35-22)16-10-15(11-19(12-16)34-18-6-4-5-7-18)20-13-17(8-9-29-20)25(26,27)28/h8-14,18H,3-7H2,1-2H3,(H,30,31,32)/b22-21+/t14-/m1/s1. The second-order valence-corrected chi connectivity index (χ2v) is 9.52. The van der Waals surface area contributed by atoms with Crippen LogP contribution in [0.1, 0.15) is 57.1 Å². The van der Waals surface area contributed by atoms with Crippen molar-refractivity contribution in [3.8, 4) is 17.0 Å². The van der Waals surface area contributed by atoms with Crippen LogP contribution >= 0.6 is 11.8 Å². The number of rotatable bonds is 7. The van der Waals surface area contributed by atoms with Crippen LogP contribution < -0.4 is 10.1 Å². The fourth-order valence-electron chi connectivity index (χ4n) is 3.91. The molecule has 1 atom stereocenters. The summed E-state index contributed by atoms with van der Waals surface area (Å²) in [7, 11) is 0. The van der Waals surface area contributed by atoms with Crippen molar-refractivity contribution in [2.75, 3.05) is 0 Å². The predicted octanol–water partition coefficient (Wildman–Crippen LogP) is 6.56. The van der Waals surface area contributed by atoms with Crippen molar-refractivity contribution in [3.05, 3.63) is 52.6 Å². The second-order valence-electron chi connectivity index (χ2n) is 8.54. The van der Waals surface area contributed by atoms with Gasteiger partial charge in [0.15, 0.2) is 0 Å². The Hall–Kier alpha value is -3.01. The summed E-state index contributed by atoms with van der Waals surface area (Å²) in [6, 6.07) is 6.82. The number of carbonyl (C=O) groups excluding carboxylic acids is 2. The molecule has 1 saturated heterocycles. The van der Waals surface area contributed by atoms with Gasteiger partial charge in [-0.2, -0.15) is 13.2 Å². The molecule has 186 valence electrons. The van der Waals surface area contributed by atoms with Crippen molar-refractivity contribution in [2.24, 2.45) is 0 Å². The first-order chi connectivity index (χ1) is 16.6. The van der Waals surface area contributed by atoms with E-state index in [0.29, 0.717) is 23.3 Å². The van der Waals surface area contributed by atoms with E-state index in [-0.39, 0.29) is 28.6 Å². The summed E-state index contributed by atoms with van der Waals surface area (Å²) in [5.41, 5.74) is 0.0758. The average molecular weight is 507 g/mol. The highest BCUT2D eigenvalue weighted by molar-refractivity contribution is 8.18. The number of hydrogen-bond donors (Lipinski definition) is 1. The number of halogens is 3. The maximum atomic E-state index is 13.3. The lowest BCUT2D eigenvalue weighted by atomic mass is 10.0. The van der Waals surface area contributed by atoms with Gasteiger partial charge in [0.1, 0.15) is 16.4 Å². The average Bonchev–Trinajstić information content (AvgIpc) is 3.45. The van der Waals surface area contributed by atoms with Gasteiger partial charge < -0.3 is 9.47 Å². The first-order valence-corrected chi connectivity index (χ1v) is 12.3. The summed E-state index contributed by atoms with van der Waals surface area (Å²) in [6.45, 7) is 3.74. The Morgan fingerprint density at radius 1 is 1.20 bits per heavy atom. The Morgan fingerprint density at radius 3 is 2.57 bits per heavy atom. The van der Waals surface area contributed by atoms with Gasteiger partial charge >= 0.3 is 6.18 Å². The van der Waals surface area contributed by atoms with Gasteiger partial charge in [-0.05, 0) is 81.1 Å². The summed E-state index contributed by atoms with van der Waals surface area (Å²) in [5, 5.41) is 1.71. The van der Waals surface area contributed by atoms with Crippen LogP contribution in [0, 0.1) is 0 Å². The number of aromatic nitrogens is 1. The fraction of sp³-hybridized carbons (Fsp3) is 0.400. The molecule has 2 aromatic rings. The number of amides is 2. The number of imide groups is 1. The van der Waals surface area contributed by atoms with Gasteiger partial charge in [-0.15, -0.1) is 0 Å². The minimum absolute atomic E-state index is 0.00936. The van der Waals surface area contributed by atoms with Crippen molar-refractivity contribution in [3.63, 3.8) is 0 Å². The van der Waals surface area contributed by atoms with Gasteiger partial charge in [-0.3, -0.25) is 19.9 Å². The first-order valence-electron chi connectivity index (χ1n) is 11.4. The Balaban J connectivity index is 1.85. The molecule has 0 radical (unpaired) electrons. The molecular weight excluding hydrogens is 481 g/mol. The molecule has 1 saturated carbocycles. The zero-order valence-electron chi connectivity index (χ0n) is 19.3. The molecule has 1 aromatic heterocycles. The van der Waals surface area contributed by atoms with E-state index in [1.807, 2.05) is 13.8 Å². The highest BCUT2D eigenvalue weighted by Crippen LogP contribution is 2.38. The third kappa shape index (κ3) is 5.98. The lowest BCUT2D eigenvalue weighted by Gasteiger charge is -2.20. The van der Waals surface area contributed by atoms with E-state index >= 15 is 0 Å². The smallest absolute Gasteiger partial charge is 0.416 e. The van der Waals surface area contributed by atoms with Gasteiger partial charge in [-0.1, -0.05) is 6.92 Å². The molecule has 4 rings (SSSR count). The van der Waals surface area contributed by atoms with E-state index in [9.17, 15) is 22.8 Å². The van der Waals surface area contributed by atoms with Crippen molar-refractivity contribution in [1.82, 2.24) is 10.3 Å². The number of thioether (sulfide) groups is 1. The lowest BCUT2D eigenvalue weighted by Crippen LogP contribution is -2.19. The Bertz CT molecular complexity index is 1160. The predicted molar refractivity (Wildman–Crippen MR) is 126 cm³/mol. The van der Waals surface area contributed by atoms with Gasteiger partial charge in [-0.25, -0.2) is 0 Å².